The zero-order valence-corrected chi connectivity index (χ0v) is 28.4. The highest BCUT2D eigenvalue weighted by Gasteiger charge is 2.74. The second-order valence-corrected chi connectivity index (χ2v) is 15.1. The van der Waals surface area contributed by atoms with Crippen LogP contribution in [-0.2, 0) is 19.1 Å². The highest BCUT2D eigenvalue weighted by molar-refractivity contribution is 8.02. The molecule has 254 valence electrons. The molecule has 6 atom stereocenters. The Bertz CT molecular complexity index is 1580. The van der Waals surface area contributed by atoms with Gasteiger partial charge in [0.2, 0.25) is 17.7 Å². The van der Waals surface area contributed by atoms with Gasteiger partial charge >= 0.3 is 0 Å². The van der Waals surface area contributed by atoms with E-state index in [0.717, 1.165) is 30.1 Å². The molecule has 0 aromatic heterocycles. The van der Waals surface area contributed by atoms with Gasteiger partial charge in [-0.3, -0.25) is 19.3 Å². The van der Waals surface area contributed by atoms with Crippen LogP contribution in [0.2, 0.25) is 0 Å². The van der Waals surface area contributed by atoms with Gasteiger partial charge in [-0.2, -0.15) is 0 Å². The smallest absolute Gasteiger partial charge is 0.247 e. The van der Waals surface area contributed by atoms with E-state index in [0.29, 0.717) is 46.0 Å². The minimum absolute atomic E-state index is 0.147. The second-order valence-electron chi connectivity index (χ2n) is 13.3. The Kier molecular flexibility index (Phi) is 9.14. The van der Waals surface area contributed by atoms with Gasteiger partial charge in [-0.05, 0) is 43.7 Å². The van der Waals surface area contributed by atoms with Gasteiger partial charge in [0, 0.05) is 49.7 Å². The van der Waals surface area contributed by atoms with Gasteiger partial charge in [0.25, 0.3) is 0 Å². The fraction of sp³-hybridized carbons (Fsp3) is 0.486. The minimum atomic E-state index is -1.01. The number of fused-ring (bicyclic) bond motifs is 2. The van der Waals surface area contributed by atoms with Crippen molar-refractivity contribution in [2.45, 2.75) is 35.4 Å². The zero-order valence-electron chi connectivity index (χ0n) is 27.6. The van der Waals surface area contributed by atoms with E-state index in [2.05, 4.69) is 11.0 Å². The maximum atomic E-state index is 15.1. The van der Waals surface area contributed by atoms with E-state index in [9.17, 15) is 14.7 Å². The second kappa shape index (κ2) is 13.3. The normalized spacial score (nSPS) is 30.9. The minimum Gasteiger partial charge on any atom is -0.494 e. The summed E-state index contributed by atoms with van der Waals surface area (Å²) in [5.74, 6) is -1.39. The van der Waals surface area contributed by atoms with Gasteiger partial charge in [-0.15, -0.1) is 11.8 Å². The Balaban J connectivity index is 1.29. The molecule has 5 aliphatic heterocycles. The van der Waals surface area contributed by atoms with E-state index in [1.165, 1.54) is 0 Å². The van der Waals surface area contributed by atoms with Gasteiger partial charge < -0.3 is 29.3 Å². The summed E-state index contributed by atoms with van der Waals surface area (Å²) >= 11 is 1.56. The molecule has 0 aliphatic carbocycles. The van der Waals surface area contributed by atoms with Crippen LogP contribution < -0.4 is 9.64 Å². The van der Waals surface area contributed by atoms with E-state index in [-0.39, 0.29) is 24.3 Å². The molecule has 0 radical (unpaired) electrons. The van der Waals surface area contributed by atoms with Crippen molar-refractivity contribution in [3.05, 3.63) is 84.5 Å². The van der Waals surface area contributed by atoms with E-state index in [1.807, 2.05) is 91.6 Å². The topological polar surface area (TPSA) is 103 Å². The number of aliphatic hydroxyl groups excluding tert-OH is 1. The fourth-order valence-corrected chi connectivity index (χ4v) is 10.4. The van der Waals surface area contributed by atoms with E-state index in [4.69, 9.17) is 9.47 Å². The Hall–Kier alpha value is -3.64. The summed E-state index contributed by atoms with van der Waals surface area (Å²) in [6.07, 6.45) is 8.13. The van der Waals surface area contributed by atoms with Gasteiger partial charge in [0.05, 0.1) is 49.1 Å². The molecule has 2 aromatic carbocycles. The first-order valence-corrected chi connectivity index (χ1v) is 17.8. The molecule has 5 heterocycles. The number of ether oxygens (including phenoxy) is 2. The Morgan fingerprint density at radius 1 is 0.917 bits per heavy atom. The van der Waals surface area contributed by atoms with Crippen LogP contribution in [0.4, 0.5) is 5.69 Å². The highest BCUT2D eigenvalue weighted by Crippen LogP contribution is 2.66. The summed E-state index contributed by atoms with van der Waals surface area (Å²) in [7, 11) is 0. The van der Waals surface area contributed by atoms with Crippen LogP contribution in [0.1, 0.15) is 25.5 Å². The molecule has 3 saturated heterocycles. The Labute approximate surface area is 286 Å². The molecule has 3 fully saturated rings. The molecular formula is C37H44N4O6S. The number of nitrogens with zero attached hydrogens (tertiary/aromatic N) is 4. The third-order valence-corrected chi connectivity index (χ3v) is 12.3. The third kappa shape index (κ3) is 5.54. The number of morpholine rings is 1. The first-order chi connectivity index (χ1) is 23.3. The lowest BCUT2D eigenvalue weighted by atomic mass is 9.74. The SMILES string of the molecule is CCOc1ccc(N2CC=C[C@]3(C)S[C@]45C=CCN(CCN6CCOCC6)C(=O)C4N([C@H](CO)c4ccccc4)C(=O)[C@@H]5[C@@H]3C2=O)cc1. The average molecular weight is 673 g/mol. The van der Waals surface area contributed by atoms with Crippen molar-refractivity contribution >= 4 is 35.2 Å². The predicted octanol–water partition coefficient (Wildman–Crippen LogP) is 3.14. The van der Waals surface area contributed by atoms with Crippen LogP contribution in [0.3, 0.4) is 0 Å². The van der Waals surface area contributed by atoms with E-state index in [1.54, 1.807) is 21.6 Å². The summed E-state index contributed by atoms with van der Waals surface area (Å²) < 4.78 is 9.41. The molecular weight excluding hydrogens is 628 g/mol. The number of likely N-dealkylation sites (tertiary alicyclic amines) is 1. The van der Waals surface area contributed by atoms with Crippen molar-refractivity contribution in [2.75, 3.05) is 70.6 Å². The van der Waals surface area contributed by atoms with Crippen LogP contribution >= 0.6 is 11.8 Å². The predicted molar refractivity (Wildman–Crippen MR) is 185 cm³/mol. The lowest BCUT2D eigenvalue weighted by Gasteiger charge is -2.40. The summed E-state index contributed by atoms with van der Waals surface area (Å²) in [5.41, 5.74) is 1.47. The molecule has 11 heteroatoms. The summed E-state index contributed by atoms with van der Waals surface area (Å²) in [5, 5.41) is 10.9. The Morgan fingerprint density at radius 2 is 1.65 bits per heavy atom. The molecule has 5 aliphatic rings. The average Bonchev–Trinajstić information content (AvgIpc) is 3.37. The van der Waals surface area contributed by atoms with Crippen LogP contribution in [0.25, 0.3) is 0 Å². The molecule has 1 spiro atoms. The van der Waals surface area contributed by atoms with Crippen molar-refractivity contribution < 1.29 is 29.0 Å². The molecule has 0 bridgehead atoms. The number of thioether (sulfide) groups is 1. The monoisotopic (exact) mass is 672 g/mol. The van der Waals surface area contributed by atoms with Crippen LogP contribution in [0.15, 0.2) is 78.9 Å². The lowest BCUT2D eigenvalue weighted by Crippen LogP contribution is -2.55. The number of amides is 3. The maximum Gasteiger partial charge on any atom is 0.247 e. The van der Waals surface area contributed by atoms with Crippen LogP contribution in [0.5, 0.6) is 5.75 Å². The largest absolute Gasteiger partial charge is 0.494 e. The first kappa shape index (κ1) is 32.9. The standard InChI is InChI=1S/C37H44N4O6S/c1-3-47-28-13-11-27(12-14-28)40-18-7-15-36(2)30(33(40)43)31-34(44)41(29(25-42)26-9-5-4-6-10-26)32-35(45)39(17-8-16-37(31,32)48-36)20-19-38-21-23-46-24-22-38/h4-16,29-32,42H,3,17-25H2,1-2H3/t29-,30-,31+,32?,36+,37+/m1/s1. The summed E-state index contributed by atoms with van der Waals surface area (Å²) in [6.45, 7) is 9.11. The molecule has 48 heavy (non-hydrogen) atoms. The van der Waals surface area contributed by atoms with Crippen molar-refractivity contribution in [3.8, 4) is 5.75 Å². The van der Waals surface area contributed by atoms with Gasteiger partial charge in [0.15, 0.2) is 0 Å². The quantitative estimate of drug-likeness (QED) is 0.406. The Morgan fingerprint density at radius 3 is 2.35 bits per heavy atom. The van der Waals surface area contributed by atoms with Gasteiger partial charge in [-0.25, -0.2) is 0 Å². The number of aliphatic hydroxyl groups is 1. The molecule has 1 unspecified atom stereocenters. The van der Waals surface area contributed by atoms with Crippen LogP contribution in [0, 0.1) is 11.8 Å². The molecule has 10 nitrogen and oxygen atoms in total. The summed E-state index contributed by atoms with van der Waals surface area (Å²) in [4.78, 5) is 52.3. The zero-order chi connectivity index (χ0) is 33.5. The van der Waals surface area contributed by atoms with Crippen molar-refractivity contribution in [1.82, 2.24) is 14.7 Å². The number of anilines is 1. The van der Waals surface area contributed by atoms with Gasteiger partial charge in [-0.1, -0.05) is 54.6 Å². The summed E-state index contributed by atoms with van der Waals surface area (Å²) in [6, 6.07) is 15.2. The molecule has 2 aromatic rings. The number of rotatable bonds is 9. The van der Waals surface area contributed by atoms with Gasteiger partial charge in [0.1, 0.15) is 11.8 Å². The van der Waals surface area contributed by atoms with E-state index < -0.39 is 33.4 Å². The number of benzene rings is 2. The molecule has 0 saturated carbocycles. The van der Waals surface area contributed by atoms with Crippen molar-refractivity contribution in [3.63, 3.8) is 0 Å². The number of carbonyl (C=O) groups is 3. The molecule has 1 N–H and O–H groups in total. The van der Waals surface area contributed by atoms with Crippen molar-refractivity contribution in [1.29, 1.82) is 0 Å². The van der Waals surface area contributed by atoms with Crippen LogP contribution in [-0.4, -0.2) is 119 Å². The van der Waals surface area contributed by atoms with Crippen molar-refractivity contribution in [2.24, 2.45) is 11.8 Å². The highest BCUT2D eigenvalue weighted by atomic mass is 32.2. The maximum absolute atomic E-state index is 15.1. The third-order valence-electron chi connectivity index (χ3n) is 10.5. The first-order valence-electron chi connectivity index (χ1n) is 17.0. The number of carbonyl (C=O) groups excluding carboxylic acids is 3. The lowest BCUT2D eigenvalue weighted by molar-refractivity contribution is -0.146. The number of hydrogen-bond donors (Lipinski definition) is 1. The molecule has 3 amide bonds. The van der Waals surface area contributed by atoms with E-state index >= 15 is 4.79 Å². The molecule has 7 rings (SSSR count). The fourth-order valence-electron chi connectivity index (χ4n) is 8.28. The number of hydrogen-bond acceptors (Lipinski definition) is 8.